The molecule has 0 radical (unpaired) electrons. The molecule has 158 valence electrons. The summed E-state index contributed by atoms with van der Waals surface area (Å²) in [5.74, 6) is 0. The van der Waals surface area contributed by atoms with Crippen molar-refractivity contribution >= 4 is 37.3 Å². The van der Waals surface area contributed by atoms with Crippen LogP contribution in [0.5, 0.6) is 0 Å². The van der Waals surface area contributed by atoms with Crippen molar-refractivity contribution < 1.29 is 30.7 Å². The lowest BCUT2D eigenvalue weighted by Crippen LogP contribution is -2.10. The lowest BCUT2D eigenvalue weighted by Gasteiger charge is -2.14. The van der Waals surface area contributed by atoms with Crippen molar-refractivity contribution in [3.8, 4) is 11.1 Å². The van der Waals surface area contributed by atoms with Crippen LogP contribution in [-0.4, -0.2) is 30.7 Å². The zero-order valence-corrected chi connectivity index (χ0v) is 16.2. The van der Waals surface area contributed by atoms with Gasteiger partial charge < -0.3 is 11.5 Å². The number of nitrogens with zero attached hydrogens (tertiary/aromatic N) is 6. The summed E-state index contributed by atoms with van der Waals surface area (Å²) < 4.78 is 67.3. The molecule has 18 heteroatoms. The van der Waals surface area contributed by atoms with Gasteiger partial charge in [-0.3, -0.25) is 9.11 Å². The Hall–Kier alpha value is -3.74. The molecular weight excluding hydrogens is 444 g/mol. The van der Waals surface area contributed by atoms with Gasteiger partial charge in [0.15, 0.2) is 10.9 Å². The quantitative estimate of drug-likeness (QED) is 0.118. The van der Waals surface area contributed by atoms with E-state index in [4.69, 9.17) is 22.5 Å². The van der Waals surface area contributed by atoms with E-state index in [0.29, 0.717) is 0 Å². The number of nitrogen functional groups attached to an aromatic ring is 2. The SMILES string of the molecule is N=NN=N[N+](=NN=N)c1c(N)ccc(-c2ccc(N)cc2S(=O)(=O)O)c1S(=O)(=O)O. The van der Waals surface area contributed by atoms with Crippen molar-refractivity contribution in [3.63, 3.8) is 0 Å². The molecule has 2 aromatic rings. The van der Waals surface area contributed by atoms with Crippen LogP contribution < -0.4 is 11.5 Å². The van der Waals surface area contributed by atoms with E-state index >= 15 is 0 Å². The lowest BCUT2D eigenvalue weighted by atomic mass is 10.0. The third kappa shape index (κ3) is 4.63. The van der Waals surface area contributed by atoms with E-state index in [9.17, 15) is 25.9 Å². The molecule has 0 atom stereocenters. The van der Waals surface area contributed by atoms with Gasteiger partial charge in [-0.05, 0) is 23.0 Å². The predicted octanol–water partition coefficient (Wildman–Crippen LogP) is 2.37. The Kier molecular flexibility index (Phi) is 6.26. The fraction of sp³-hybridized carbons (Fsp3) is 0. The molecule has 16 nitrogen and oxygen atoms in total. The van der Waals surface area contributed by atoms with Gasteiger partial charge in [-0.2, -0.15) is 22.4 Å². The molecule has 0 aliphatic heterocycles. The van der Waals surface area contributed by atoms with Gasteiger partial charge >= 0.3 is 0 Å². The van der Waals surface area contributed by atoms with Gasteiger partial charge in [-0.1, -0.05) is 12.1 Å². The van der Waals surface area contributed by atoms with Crippen molar-refractivity contribution in [2.45, 2.75) is 9.79 Å². The molecule has 0 fully saturated rings. The molecular formula is C12H13N10O6S2+. The Morgan fingerprint density at radius 2 is 1.53 bits per heavy atom. The van der Waals surface area contributed by atoms with E-state index in [1.54, 1.807) is 0 Å². The van der Waals surface area contributed by atoms with E-state index in [1.807, 2.05) is 0 Å². The minimum absolute atomic E-state index is 0.0639. The Balaban J connectivity index is 3.10. The van der Waals surface area contributed by atoms with Crippen molar-refractivity contribution in [1.29, 1.82) is 11.1 Å². The highest BCUT2D eigenvalue weighted by atomic mass is 32.2. The van der Waals surface area contributed by atoms with Gasteiger partial charge in [0.2, 0.25) is 0 Å². The fourth-order valence-corrected chi connectivity index (χ4v) is 4.09. The second-order valence-electron chi connectivity index (χ2n) is 5.34. The summed E-state index contributed by atoms with van der Waals surface area (Å²) in [6.07, 6.45) is 0. The average molecular weight is 457 g/mol. The normalized spacial score (nSPS) is 12.8. The van der Waals surface area contributed by atoms with Gasteiger partial charge in [0.05, 0.1) is 10.9 Å². The number of anilines is 2. The third-order valence-electron chi connectivity index (χ3n) is 3.49. The first-order valence-electron chi connectivity index (χ1n) is 7.34. The van der Waals surface area contributed by atoms with Crippen molar-refractivity contribution in [2.24, 2.45) is 26.1 Å². The van der Waals surface area contributed by atoms with Crippen LogP contribution in [0.1, 0.15) is 0 Å². The summed E-state index contributed by atoms with van der Waals surface area (Å²) in [6, 6.07) is 5.31. The van der Waals surface area contributed by atoms with Crippen LogP contribution in [-0.2, 0) is 20.2 Å². The zero-order chi connectivity index (χ0) is 22.7. The van der Waals surface area contributed by atoms with Crippen molar-refractivity contribution in [2.75, 3.05) is 11.5 Å². The van der Waals surface area contributed by atoms with Gasteiger partial charge in [0, 0.05) is 16.8 Å². The standard InChI is InChI=1S/C12H12N10O6S2/c13-6-1-2-7(10(5-6)29(23,24)25)8-3-4-9(14)11(12(8)30(26,27)28)22(20-18-16)21-19-17-15/h1-5,13-15H,(H4,16,20,23,24,25,26,27,28)/p+1. The molecule has 2 rings (SSSR count). The molecule has 0 unspecified atom stereocenters. The highest BCUT2D eigenvalue weighted by molar-refractivity contribution is 7.86. The number of hydrogen-bond acceptors (Lipinski definition) is 8. The second kappa shape index (κ2) is 8.32. The number of hydrogen-bond donors (Lipinski definition) is 6. The van der Waals surface area contributed by atoms with E-state index in [0.717, 1.165) is 24.3 Å². The monoisotopic (exact) mass is 457 g/mol. The summed E-state index contributed by atoms with van der Waals surface area (Å²) in [4.78, 5) is -1.50. The smallest absolute Gasteiger partial charge is 0.298 e. The number of rotatable bonds is 7. The maximum atomic E-state index is 12.2. The first kappa shape index (κ1) is 22.5. The van der Waals surface area contributed by atoms with Gasteiger partial charge in [-0.15, -0.1) is 5.53 Å². The molecule has 0 saturated heterocycles. The first-order chi connectivity index (χ1) is 13.9. The van der Waals surface area contributed by atoms with Crippen LogP contribution in [0.3, 0.4) is 0 Å². The molecule has 0 spiro atoms. The molecule has 0 saturated carbocycles. The third-order valence-corrected chi connectivity index (χ3v) is 5.32. The van der Waals surface area contributed by atoms with Crippen molar-refractivity contribution in [1.82, 2.24) is 0 Å². The molecule has 0 amide bonds. The first-order valence-corrected chi connectivity index (χ1v) is 10.2. The second-order valence-corrected chi connectivity index (χ2v) is 8.09. The molecule has 30 heavy (non-hydrogen) atoms. The highest BCUT2D eigenvalue weighted by Gasteiger charge is 2.31. The maximum Gasteiger partial charge on any atom is 0.298 e. The van der Waals surface area contributed by atoms with Gasteiger partial charge in [-0.25, -0.2) is 0 Å². The summed E-state index contributed by atoms with van der Waals surface area (Å²) in [5.41, 5.74) is 22.8. The molecule has 0 aromatic heterocycles. The van der Waals surface area contributed by atoms with Crippen LogP contribution in [0.15, 0.2) is 66.2 Å². The van der Waals surface area contributed by atoms with E-state index in [-0.39, 0.29) is 21.7 Å². The van der Waals surface area contributed by atoms with Crippen LogP contribution in [0.25, 0.3) is 11.1 Å². The topological polar surface area (TPSA) is 273 Å². The van der Waals surface area contributed by atoms with E-state index in [1.165, 1.54) is 6.07 Å². The Bertz CT molecular complexity index is 1300. The maximum absolute atomic E-state index is 12.2. The molecule has 2 aromatic carbocycles. The Morgan fingerprint density at radius 1 is 0.900 bits per heavy atom. The summed E-state index contributed by atoms with van der Waals surface area (Å²) in [7, 11) is -10.1. The molecule has 0 aliphatic carbocycles. The molecule has 0 heterocycles. The number of nitrogens with one attached hydrogen (secondary N) is 2. The summed E-state index contributed by atoms with van der Waals surface area (Å²) in [5, 5.41) is 14.6. The minimum Gasteiger partial charge on any atom is -0.399 e. The molecule has 0 aliphatic rings. The van der Waals surface area contributed by atoms with Crippen LogP contribution >= 0.6 is 0 Å². The predicted molar refractivity (Wildman–Crippen MR) is 97.8 cm³/mol. The van der Waals surface area contributed by atoms with E-state index in [2.05, 4.69) is 26.1 Å². The van der Waals surface area contributed by atoms with Crippen molar-refractivity contribution in [3.05, 3.63) is 30.3 Å². The summed E-state index contributed by atoms with van der Waals surface area (Å²) in [6.45, 7) is 0. The lowest BCUT2D eigenvalue weighted by molar-refractivity contribution is -0.531. The Morgan fingerprint density at radius 3 is 2.07 bits per heavy atom. The van der Waals surface area contributed by atoms with Gasteiger partial charge in [0.25, 0.3) is 20.2 Å². The average Bonchev–Trinajstić information content (AvgIpc) is 2.64. The zero-order valence-electron chi connectivity index (χ0n) is 14.6. The summed E-state index contributed by atoms with van der Waals surface area (Å²) >= 11 is 0. The molecule has 0 bridgehead atoms. The van der Waals surface area contributed by atoms with Crippen LogP contribution in [0, 0.1) is 11.1 Å². The molecule has 8 N–H and O–H groups in total. The Labute approximate surface area is 168 Å². The number of nitrogens with two attached hydrogens (primary N) is 2. The highest BCUT2D eigenvalue weighted by Crippen LogP contribution is 2.41. The fourth-order valence-electron chi connectivity index (χ4n) is 2.45. The number of benzene rings is 2. The van der Waals surface area contributed by atoms with E-state index < -0.39 is 41.3 Å². The van der Waals surface area contributed by atoms with Crippen LogP contribution in [0.2, 0.25) is 0 Å². The van der Waals surface area contributed by atoms with Crippen LogP contribution in [0.4, 0.5) is 17.1 Å². The minimum atomic E-state index is -5.17. The largest absolute Gasteiger partial charge is 0.399 e. The van der Waals surface area contributed by atoms with Gasteiger partial charge in [0.1, 0.15) is 25.5 Å².